The number of pyridine rings is 1. The molecule has 1 saturated heterocycles. The normalized spacial score (nSPS) is 14.7. The summed E-state index contributed by atoms with van der Waals surface area (Å²) in [5, 5.41) is 4.87. The smallest absolute Gasteiger partial charge is 0.161 e. The van der Waals surface area contributed by atoms with Gasteiger partial charge in [-0.05, 0) is 55.2 Å². The van der Waals surface area contributed by atoms with Crippen LogP contribution < -0.4 is 14.8 Å². The van der Waals surface area contributed by atoms with E-state index in [1.54, 1.807) is 0 Å². The fourth-order valence-corrected chi connectivity index (χ4v) is 4.65. The average Bonchev–Trinajstić information content (AvgIpc) is 2.90. The van der Waals surface area contributed by atoms with Gasteiger partial charge >= 0.3 is 0 Å². The van der Waals surface area contributed by atoms with Crippen LogP contribution >= 0.6 is 0 Å². The standard InChI is InChI=1S/C30H33N3O2/c1-2-34-30-18-24(12-13-29(30)35-22-23-8-4-3-5-9-23)21-33-16-14-26(15-17-33)32-27-19-25-10-6-7-11-28(25)31-20-27/h3-13,18-20,26,32H,2,14-17,21-22H2,1H3. The van der Waals surface area contributed by atoms with E-state index >= 15 is 0 Å². The van der Waals surface area contributed by atoms with Crippen molar-refractivity contribution in [3.63, 3.8) is 0 Å². The highest BCUT2D eigenvalue weighted by molar-refractivity contribution is 5.81. The molecule has 2 heterocycles. The summed E-state index contributed by atoms with van der Waals surface area (Å²) >= 11 is 0. The van der Waals surface area contributed by atoms with Gasteiger partial charge in [-0.2, -0.15) is 0 Å². The van der Waals surface area contributed by atoms with Crippen molar-refractivity contribution in [3.8, 4) is 11.5 Å². The number of anilines is 1. The van der Waals surface area contributed by atoms with Crippen molar-refractivity contribution in [2.75, 3.05) is 25.0 Å². The molecule has 0 saturated carbocycles. The molecule has 0 unspecified atom stereocenters. The first-order valence-corrected chi connectivity index (χ1v) is 12.5. The Hall–Kier alpha value is -3.57. The zero-order chi connectivity index (χ0) is 23.9. The Bertz CT molecular complexity index is 1240. The molecule has 5 rings (SSSR count). The van der Waals surface area contributed by atoms with Crippen LogP contribution in [-0.2, 0) is 13.2 Å². The van der Waals surface area contributed by atoms with Crippen molar-refractivity contribution in [2.24, 2.45) is 0 Å². The Balaban J connectivity index is 1.15. The first kappa shape index (κ1) is 23.2. The molecule has 35 heavy (non-hydrogen) atoms. The molecule has 3 aromatic carbocycles. The Morgan fingerprint density at radius 1 is 0.857 bits per heavy atom. The van der Waals surface area contributed by atoms with E-state index in [-0.39, 0.29) is 0 Å². The molecule has 0 amide bonds. The third-order valence-corrected chi connectivity index (χ3v) is 6.50. The number of benzene rings is 3. The van der Waals surface area contributed by atoms with Crippen molar-refractivity contribution < 1.29 is 9.47 Å². The molecule has 0 atom stereocenters. The largest absolute Gasteiger partial charge is 0.490 e. The molecule has 0 bridgehead atoms. The SMILES string of the molecule is CCOc1cc(CN2CCC(Nc3cnc4ccccc4c3)CC2)ccc1OCc1ccccc1. The molecule has 0 radical (unpaired) electrons. The fraction of sp³-hybridized carbons (Fsp3) is 0.300. The number of nitrogens with zero attached hydrogens (tertiary/aromatic N) is 2. The number of hydrogen-bond acceptors (Lipinski definition) is 5. The molecular formula is C30H33N3O2. The van der Waals surface area contributed by atoms with Gasteiger partial charge < -0.3 is 14.8 Å². The number of likely N-dealkylation sites (tertiary alicyclic amines) is 1. The van der Waals surface area contributed by atoms with Gasteiger partial charge in [-0.1, -0.05) is 54.6 Å². The van der Waals surface area contributed by atoms with Crippen LogP contribution in [0.4, 0.5) is 5.69 Å². The minimum atomic E-state index is 0.474. The van der Waals surface area contributed by atoms with E-state index in [9.17, 15) is 0 Å². The zero-order valence-corrected chi connectivity index (χ0v) is 20.3. The average molecular weight is 468 g/mol. The number of nitrogens with one attached hydrogen (secondary N) is 1. The van der Waals surface area contributed by atoms with Gasteiger partial charge in [0.1, 0.15) is 6.61 Å². The van der Waals surface area contributed by atoms with Gasteiger partial charge in [0.2, 0.25) is 0 Å². The molecule has 5 nitrogen and oxygen atoms in total. The van der Waals surface area contributed by atoms with Crippen LogP contribution in [0.25, 0.3) is 10.9 Å². The fourth-order valence-electron chi connectivity index (χ4n) is 4.65. The maximum Gasteiger partial charge on any atom is 0.161 e. The number of hydrogen-bond donors (Lipinski definition) is 1. The lowest BCUT2D eigenvalue weighted by Gasteiger charge is -2.33. The summed E-state index contributed by atoms with van der Waals surface area (Å²) in [6.45, 7) is 6.21. The molecule has 1 aliphatic heterocycles. The topological polar surface area (TPSA) is 46.6 Å². The number of ether oxygens (including phenoxy) is 2. The van der Waals surface area contributed by atoms with Gasteiger partial charge in [-0.15, -0.1) is 0 Å². The highest BCUT2D eigenvalue weighted by Gasteiger charge is 2.20. The number of rotatable bonds is 9. The van der Waals surface area contributed by atoms with Gasteiger partial charge in [0, 0.05) is 31.1 Å². The predicted molar refractivity (Wildman–Crippen MR) is 142 cm³/mol. The molecule has 5 heteroatoms. The molecule has 1 aromatic heterocycles. The van der Waals surface area contributed by atoms with Crippen LogP contribution in [0, 0.1) is 0 Å². The van der Waals surface area contributed by atoms with Gasteiger partial charge in [0.15, 0.2) is 11.5 Å². The minimum absolute atomic E-state index is 0.474. The quantitative estimate of drug-likeness (QED) is 0.313. The van der Waals surface area contributed by atoms with Crippen molar-refractivity contribution >= 4 is 16.6 Å². The van der Waals surface area contributed by atoms with E-state index in [4.69, 9.17) is 9.47 Å². The van der Waals surface area contributed by atoms with Crippen LogP contribution in [0.5, 0.6) is 11.5 Å². The number of para-hydroxylation sites is 1. The van der Waals surface area contributed by atoms with E-state index in [2.05, 4.69) is 63.7 Å². The van der Waals surface area contributed by atoms with Gasteiger partial charge in [-0.25, -0.2) is 0 Å². The summed E-state index contributed by atoms with van der Waals surface area (Å²) in [4.78, 5) is 7.10. The third-order valence-electron chi connectivity index (χ3n) is 6.50. The lowest BCUT2D eigenvalue weighted by Crippen LogP contribution is -2.38. The van der Waals surface area contributed by atoms with E-state index in [0.717, 1.165) is 60.7 Å². The number of aromatic nitrogens is 1. The third kappa shape index (κ3) is 6.11. The summed E-state index contributed by atoms with van der Waals surface area (Å²) in [5.41, 5.74) is 4.55. The lowest BCUT2D eigenvalue weighted by atomic mass is 10.0. The molecule has 180 valence electrons. The van der Waals surface area contributed by atoms with Gasteiger partial charge in [0.25, 0.3) is 0 Å². The lowest BCUT2D eigenvalue weighted by molar-refractivity contribution is 0.210. The van der Waals surface area contributed by atoms with Crippen molar-refractivity contribution in [1.82, 2.24) is 9.88 Å². The van der Waals surface area contributed by atoms with Gasteiger partial charge in [-0.3, -0.25) is 9.88 Å². The van der Waals surface area contributed by atoms with Crippen molar-refractivity contribution in [3.05, 3.63) is 96.2 Å². The first-order valence-electron chi connectivity index (χ1n) is 12.5. The summed E-state index contributed by atoms with van der Waals surface area (Å²) in [6, 6.07) is 27.5. The second-order valence-electron chi connectivity index (χ2n) is 9.10. The number of fused-ring (bicyclic) bond motifs is 1. The maximum atomic E-state index is 6.07. The molecule has 0 spiro atoms. The monoisotopic (exact) mass is 467 g/mol. The summed E-state index contributed by atoms with van der Waals surface area (Å²) in [5.74, 6) is 1.62. The molecule has 1 aliphatic rings. The molecular weight excluding hydrogens is 434 g/mol. The number of piperidine rings is 1. The van der Waals surface area contributed by atoms with Gasteiger partial charge in [0.05, 0.1) is 24.0 Å². The highest BCUT2D eigenvalue weighted by Crippen LogP contribution is 2.30. The van der Waals surface area contributed by atoms with Crippen LogP contribution in [0.2, 0.25) is 0 Å². The van der Waals surface area contributed by atoms with Crippen LogP contribution in [0.1, 0.15) is 30.9 Å². The van der Waals surface area contributed by atoms with Crippen molar-refractivity contribution in [1.29, 1.82) is 0 Å². The molecule has 0 aliphatic carbocycles. The van der Waals surface area contributed by atoms with E-state index in [1.807, 2.05) is 43.5 Å². The maximum absolute atomic E-state index is 6.07. The van der Waals surface area contributed by atoms with Crippen LogP contribution in [0.3, 0.4) is 0 Å². The second kappa shape index (κ2) is 11.2. The molecule has 1 N–H and O–H groups in total. The summed E-state index contributed by atoms with van der Waals surface area (Å²) in [7, 11) is 0. The molecule has 4 aromatic rings. The Morgan fingerprint density at radius 3 is 2.49 bits per heavy atom. The summed E-state index contributed by atoms with van der Waals surface area (Å²) < 4.78 is 12.0. The van der Waals surface area contributed by atoms with E-state index in [1.165, 1.54) is 10.9 Å². The van der Waals surface area contributed by atoms with E-state index < -0.39 is 0 Å². The highest BCUT2D eigenvalue weighted by atomic mass is 16.5. The first-order chi connectivity index (χ1) is 17.3. The predicted octanol–water partition coefficient (Wildman–Crippen LogP) is 6.29. The molecule has 1 fully saturated rings. The minimum Gasteiger partial charge on any atom is -0.490 e. The summed E-state index contributed by atoms with van der Waals surface area (Å²) in [6.07, 6.45) is 4.18. The second-order valence-corrected chi connectivity index (χ2v) is 9.10. The Morgan fingerprint density at radius 2 is 1.66 bits per heavy atom. The Kier molecular flexibility index (Phi) is 7.44. The zero-order valence-electron chi connectivity index (χ0n) is 20.3. The van der Waals surface area contributed by atoms with E-state index in [0.29, 0.717) is 19.3 Å². The van der Waals surface area contributed by atoms with Crippen LogP contribution in [0.15, 0.2) is 85.1 Å². The van der Waals surface area contributed by atoms with Crippen LogP contribution in [-0.4, -0.2) is 35.6 Å². The van der Waals surface area contributed by atoms with Crippen molar-refractivity contribution in [2.45, 2.75) is 39.0 Å². The Labute approximate surface area is 207 Å².